The molecule has 1 aliphatic heterocycles. The number of phenols is 3. The third-order valence-electron chi connectivity index (χ3n) is 5.48. The van der Waals surface area contributed by atoms with Crippen LogP contribution in [0.15, 0.2) is 42.5 Å². The van der Waals surface area contributed by atoms with Gasteiger partial charge in [0.1, 0.15) is 24.4 Å². The van der Waals surface area contributed by atoms with E-state index in [0.717, 1.165) is 12.1 Å². The Hall–Kier alpha value is -3.88. The van der Waals surface area contributed by atoms with E-state index in [2.05, 4.69) is 0 Å². The van der Waals surface area contributed by atoms with Gasteiger partial charge in [-0.1, -0.05) is 12.1 Å². The van der Waals surface area contributed by atoms with Gasteiger partial charge in [-0.25, -0.2) is 9.59 Å². The van der Waals surface area contributed by atoms with E-state index in [1.165, 1.54) is 36.4 Å². The molecule has 0 amide bonds. The van der Waals surface area contributed by atoms with Crippen molar-refractivity contribution in [3.8, 4) is 23.0 Å². The van der Waals surface area contributed by atoms with Gasteiger partial charge in [0, 0.05) is 12.5 Å². The lowest BCUT2D eigenvalue weighted by molar-refractivity contribution is -0.277. The Bertz CT molecular complexity index is 1150. The zero-order valence-corrected chi connectivity index (χ0v) is 19.1. The number of carboxylic acid groups (broad SMARTS) is 1. The molecule has 2 aromatic rings. The fraction of sp³-hybridized carbons (Fsp3) is 0.333. The van der Waals surface area contributed by atoms with Crippen LogP contribution in [0.1, 0.15) is 11.1 Å². The lowest BCUT2D eigenvalue weighted by Crippen LogP contribution is -2.60. The van der Waals surface area contributed by atoms with Crippen LogP contribution < -0.4 is 4.74 Å². The first-order valence-electron chi connectivity index (χ1n) is 10.9. The third kappa shape index (κ3) is 6.87. The normalized spacial score (nSPS) is 24.5. The molecule has 1 fully saturated rings. The number of ether oxygens (including phenoxy) is 3. The van der Waals surface area contributed by atoms with Gasteiger partial charge >= 0.3 is 11.9 Å². The van der Waals surface area contributed by atoms with E-state index in [0.29, 0.717) is 5.56 Å². The van der Waals surface area contributed by atoms with Crippen LogP contribution in [0.5, 0.6) is 23.0 Å². The predicted octanol–water partition coefficient (Wildman–Crippen LogP) is -0.766. The monoisotopic (exact) mass is 522 g/mol. The van der Waals surface area contributed by atoms with E-state index in [9.17, 15) is 50.4 Å². The Balaban J connectivity index is 1.65. The van der Waals surface area contributed by atoms with Crippen LogP contribution in [-0.2, 0) is 25.5 Å². The number of aliphatic hydroxyl groups is 4. The summed E-state index contributed by atoms with van der Waals surface area (Å²) in [5.41, 5.74) is 0.588. The van der Waals surface area contributed by atoms with E-state index < -0.39 is 66.9 Å². The van der Waals surface area contributed by atoms with Crippen LogP contribution in [0.2, 0.25) is 0 Å². The van der Waals surface area contributed by atoms with Crippen molar-refractivity contribution in [1.29, 1.82) is 0 Å². The van der Waals surface area contributed by atoms with Crippen LogP contribution in [0, 0.1) is 0 Å². The molecule has 13 heteroatoms. The third-order valence-corrected chi connectivity index (χ3v) is 5.48. The highest BCUT2D eigenvalue weighted by molar-refractivity contribution is 5.89. The number of aliphatic hydroxyl groups excluding tert-OH is 4. The van der Waals surface area contributed by atoms with Crippen molar-refractivity contribution >= 4 is 18.0 Å². The molecule has 2 aromatic carbocycles. The molecule has 37 heavy (non-hydrogen) atoms. The second-order valence-corrected chi connectivity index (χ2v) is 8.17. The van der Waals surface area contributed by atoms with Gasteiger partial charge in [-0.3, -0.25) is 0 Å². The minimum Gasteiger partial charge on any atom is -0.504 e. The summed E-state index contributed by atoms with van der Waals surface area (Å²) in [4.78, 5) is 23.7. The summed E-state index contributed by atoms with van der Waals surface area (Å²) in [6.45, 7) is -0.669. The van der Waals surface area contributed by atoms with Gasteiger partial charge < -0.3 is 55.1 Å². The molecule has 8 N–H and O–H groups in total. The van der Waals surface area contributed by atoms with Crippen molar-refractivity contribution in [3.05, 3.63) is 53.6 Å². The highest BCUT2D eigenvalue weighted by Crippen LogP contribution is 2.32. The zero-order chi connectivity index (χ0) is 27.3. The Labute approximate surface area is 209 Å². The number of carbonyl (C=O) groups is 2. The van der Waals surface area contributed by atoms with Crippen molar-refractivity contribution in [3.63, 3.8) is 0 Å². The zero-order valence-electron chi connectivity index (χ0n) is 19.1. The summed E-state index contributed by atoms with van der Waals surface area (Å²) in [5.74, 6) is -3.90. The van der Waals surface area contributed by atoms with Crippen molar-refractivity contribution in [2.75, 3.05) is 6.61 Å². The Morgan fingerprint density at radius 1 is 0.946 bits per heavy atom. The fourth-order valence-corrected chi connectivity index (χ4v) is 3.46. The summed E-state index contributed by atoms with van der Waals surface area (Å²) >= 11 is 0. The van der Waals surface area contributed by atoms with Crippen molar-refractivity contribution in [1.82, 2.24) is 0 Å². The molecule has 6 atom stereocenters. The number of hydrogen-bond acceptors (Lipinski definition) is 12. The quantitative estimate of drug-likeness (QED) is 0.115. The standard InChI is InChI=1S/C24H26O13/c25-10-18-20(30)21(31)22(32)24(37-18)36-16-5-2-12(8-15(16)28)9-17(23(33)34)35-19(29)6-3-11-1-4-13(26)14(27)7-11/h1-8,17-18,20-22,24-28,30-32H,9-10H2,(H,33,34)/b6-3+/t17-,18-,20-,21+,22-,24-/m1/s1. The molecule has 0 bridgehead atoms. The molecule has 3 rings (SSSR count). The maximum Gasteiger partial charge on any atom is 0.345 e. The van der Waals surface area contributed by atoms with Gasteiger partial charge in [0.25, 0.3) is 0 Å². The Morgan fingerprint density at radius 3 is 2.30 bits per heavy atom. The SMILES string of the molecule is O=C(/C=C/c1ccc(O)c(O)c1)O[C@H](Cc1ccc(O[C@@H]2O[C@H](CO)[C@@H](O)[C@H](O)[C@H]2O)c(O)c1)C(=O)O. The number of carboxylic acids is 1. The number of benzene rings is 2. The highest BCUT2D eigenvalue weighted by atomic mass is 16.7. The molecule has 1 saturated heterocycles. The fourth-order valence-electron chi connectivity index (χ4n) is 3.46. The van der Waals surface area contributed by atoms with Crippen molar-refractivity contribution < 1.29 is 64.7 Å². The van der Waals surface area contributed by atoms with Gasteiger partial charge in [-0.05, 0) is 41.5 Å². The summed E-state index contributed by atoms with van der Waals surface area (Å²) in [7, 11) is 0. The largest absolute Gasteiger partial charge is 0.504 e. The van der Waals surface area contributed by atoms with Gasteiger partial charge in [0.05, 0.1) is 6.61 Å². The van der Waals surface area contributed by atoms with Gasteiger partial charge in [0.15, 0.2) is 23.0 Å². The second-order valence-electron chi connectivity index (χ2n) is 8.17. The first-order chi connectivity index (χ1) is 17.5. The topological polar surface area (TPSA) is 224 Å². The number of rotatable bonds is 9. The van der Waals surface area contributed by atoms with Crippen molar-refractivity contribution in [2.24, 2.45) is 0 Å². The molecule has 0 unspecified atom stereocenters. The molecule has 1 aliphatic rings. The number of esters is 1. The molecule has 13 nitrogen and oxygen atoms in total. The first-order valence-corrected chi connectivity index (χ1v) is 10.9. The Kier molecular flexibility index (Phi) is 8.91. The minimum atomic E-state index is -1.70. The smallest absolute Gasteiger partial charge is 0.345 e. The lowest BCUT2D eigenvalue weighted by Gasteiger charge is -2.39. The number of phenolic OH excluding ortho intramolecular Hbond substituents is 3. The van der Waals surface area contributed by atoms with E-state index in [4.69, 9.17) is 14.2 Å². The van der Waals surface area contributed by atoms with E-state index in [1.54, 1.807) is 0 Å². The number of aromatic hydroxyl groups is 3. The molecular weight excluding hydrogens is 496 g/mol. The second kappa shape index (κ2) is 11.9. The number of aliphatic carboxylic acids is 1. The molecule has 1 heterocycles. The molecule has 200 valence electrons. The molecular formula is C24H26O13. The predicted molar refractivity (Wildman–Crippen MR) is 123 cm³/mol. The van der Waals surface area contributed by atoms with Crippen LogP contribution >= 0.6 is 0 Å². The highest BCUT2D eigenvalue weighted by Gasteiger charge is 2.44. The molecule has 0 aliphatic carbocycles. The maximum atomic E-state index is 12.1. The van der Waals surface area contributed by atoms with E-state index >= 15 is 0 Å². The number of hydrogen-bond donors (Lipinski definition) is 8. The van der Waals surface area contributed by atoms with Crippen LogP contribution in [0.4, 0.5) is 0 Å². The molecule has 0 saturated carbocycles. The molecule has 0 spiro atoms. The number of carbonyl (C=O) groups excluding carboxylic acids is 1. The minimum absolute atomic E-state index is 0.211. The maximum absolute atomic E-state index is 12.1. The average molecular weight is 522 g/mol. The van der Waals surface area contributed by atoms with Crippen LogP contribution in [-0.4, -0.2) is 96.2 Å². The molecule has 0 radical (unpaired) electrons. The van der Waals surface area contributed by atoms with E-state index in [-0.39, 0.29) is 23.5 Å². The van der Waals surface area contributed by atoms with Crippen LogP contribution in [0.3, 0.4) is 0 Å². The molecule has 0 aromatic heterocycles. The summed E-state index contributed by atoms with van der Waals surface area (Å²) in [6, 6.07) is 7.52. The summed E-state index contributed by atoms with van der Waals surface area (Å²) < 4.78 is 15.5. The van der Waals surface area contributed by atoms with E-state index in [1.807, 2.05) is 0 Å². The average Bonchev–Trinajstić information content (AvgIpc) is 2.86. The summed E-state index contributed by atoms with van der Waals surface area (Å²) in [5, 5.41) is 77.5. The Morgan fingerprint density at radius 2 is 1.68 bits per heavy atom. The van der Waals surface area contributed by atoms with Gasteiger partial charge in [-0.15, -0.1) is 0 Å². The lowest BCUT2D eigenvalue weighted by atomic mass is 9.99. The first kappa shape index (κ1) is 27.7. The van der Waals surface area contributed by atoms with Gasteiger partial charge in [-0.2, -0.15) is 0 Å². The van der Waals surface area contributed by atoms with Gasteiger partial charge in [0.2, 0.25) is 12.4 Å². The van der Waals surface area contributed by atoms with Crippen LogP contribution in [0.25, 0.3) is 6.08 Å². The van der Waals surface area contributed by atoms with Crippen molar-refractivity contribution in [2.45, 2.75) is 43.2 Å². The summed E-state index contributed by atoms with van der Waals surface area (Å²) in [6.07, 6.45) is -7.50.